The fourth-order valence-electron chi connectivity index (χ4n) is 1.87. The number of anilines is 3. The molecule has 0 fully saturated rings. The molecule has 8 heteroatoms. The lowest BCUT2D eigenvalue weighted by atomic mass is 10.2. The summed E-state index contributed by atoms with van der Waals surface area (Å²) in [6.45, 7) is 0. The van der Waals surface area contributed by atoms with Crippen LogP contribution in [0.1, 0.15) is 11.7 Å². The third kappa shape index (κ3) is 2.20. The molecule has 0 bridgehead atoms. The van der Waals surface area contributed by atoms with Gasteiger partial charge in [0.15, 0.2) is 5.82 Å². The maximum Gasteiger partial charge on any atom is 0.154 e. The second kappa shape index (κ2) is 4.63. The smallest absolute Gasteiger partial charge is 0.154 e. The first kappa shape index (κ1) is 12.1. The highest BCUT2D eigenvalue weighted by molar-refractivity contribution is 6.30. The first-order chi connectivity index (χ1) is 9.15. The van der Waals surface area contributed by atoms with Gasteiger partial charge in [-0.1, -0.05) is 22.8 Å². The Labute approximate surface area is 114 Å². The second-order valence-electron chi connectivity index (χ2n) is 4.02. The first-order valence-corrected chi connectivity index (χ1v) is 5.91. The third-order valence-corrected chi connectivity index (χ3v) is 2.99. The van der Waals surface area contributed by atoms with Crippen LogP contribution < -0.4 is 16.5 Å². The van der Waals surface area contributed by atoms with Gasteiger partial charge < -0.3 is 11.1 Å². The molecule has 3 rings (SSSR count). The topological polar surface area (TPSA) is 99.3 Å². The number of benzene rings is 1. The molecule has 1 aliphatic rings. The van der Waals surface area contributed by atoms with Crippen LogP contribution in [0, 0.1) is 0 Å². The van der Waals surface area contributed by atoms with E-state index < -0.39 is 6.17 Å². The summed E-state index contributed by atoms with van der Waals surface area (Å²) in [5, 5.41) is 14.0. The van der Waals surface area contributed by atoms with Crippen LogP contribution in [0.2, 0.25) is 5.02 Å². The van der Waals surface area contributed by atoms with Crippen molar-refractivity contribution in [3.63, 3.8) is 0 Å². The summed E-state index contributed by atoms with van der Waals surface area (Å²) in [6, 6.07) is 7.22. The van der Waals surface area contributed by atoms with Crippen molar-refractivity contribution in [1.82, 2.24) is 15.1 Å². The van der Waals surface area contributed by atoms with Crippen LogP contribution in [0.15, 0.2) is 30.6 Å². The van der Waals surface area contributed by atoms with Crippen LogP contribution in [0.4, 0.5) is 17.3 Å². The molecule has 0 aliphatic carbocycles. The molecule has 1 aromatic heterocycles. The van der Waals surface area contributed by atoms with Crippen molar-refractivity contribution in [1.29, 1.82) is 0 Å². The number of hydrogen-bond acceptors (Lipinski definition) is 7. The second-order valence-corrected chi connectivity index (χ2v) is 4.46. The van der Waals surface area contributed by atoms with Crippen LogP contribution in [0.3, 0.4) is 0 Å². The zero-order valence-corrected chi connectivity index (χ0v) is 10.5. The molecule has 2 aromatic rings. The van der Waals surface area contributed by atoms with Gasteiger partial charge in [-0.05, 0) is 18.2 Å². The molecule has 0 spiro atoms. The van der Waals surface area contributed by atoms with E-state index in [0.717, 1.165) is 10.9 Å². The summed E-state index contributed by atoms with van der Waals surface area (Å²) < 4.78 is 0. The van der Waals surface area contributed by atoms with E-state index in [1.54, 1.807) is 12.1 Å². The fraction of sp³-hybridized carbons (Fsp3) is 0.0909. The Hall–Kier alpha value is -1.93. The van der Waals surface area contributed by atoms with Gasteiger partial charge in [0.05, 0.1) is 5.56 Å². The maximum absolute atomic E-state index is 9.53. The van der Waals surface area contributed by atoms with Gasteiger partial charge >= 0.3 is 0 Å². The Morgan fingerprint density at radius 1 is 1.42 bits per heavy atom. The van der Waals surface area contributed by atoms with Crippen molar-refractivity contribution in [2.24, 2.45) is 5.73 Å². The Bertz CT molecular complexity index is 622. The number of aromatic nitrogens is 2. The van der Waals surface area contributed by atoms with Gasteiger partial charge in [-0.15, -0.1) is 0 Å². The molecule has 1 aromatic carbocycles. The van der Waals surface area contributed by atoms with Gasteiger partial charge in [0.25, 0.3) is 0 Å². The van der Waals surface area contributed by atoms with Crippen LogP contribution in [0.5, 0.6) is 0 Å². The summed E-state index contributed by atoms with van der Waals surface area (Å²) in [4.78, 5) is 8.15. The fourth-order valence-corrected chi connectivity index (χ4v) is 2.06. The van der Waals surface area contributed by atoms with Crippen molar-refractivity contribution >= 4 is 28.9 Å². The number of fused-ring (bicyclic) bond motifs is 1. The third-order valence-electron chi connectivity index (χ3n) is 2.75. The molecule has 1 atom stereocenters. The molecule has 0 saturated heterocycles. The Kier molecular flexibility index (Phi) is 2.96. The molecule has 5 N–H and O–H groups in total. The number of nitrogens with two attached hydrogens (primary N) is 1. The Balaban J connectivity index is 1.97. The quantitative estimate of drug-likeness (QED) is 0.665. The highest BCUT2D eigenvalue weighted by atomic mass is 35.5. The first-order valence-electron chi connectivity index (χ1n) is 5.53. The molecule has 2 heterocycles. The normalized spacial score (nSPS) is 17.9. The highest BCUT2D eigenvalue weighted by Gasteiger charge is 2.30. The van der Waals surface area contributed by atoms with Crippen LogP contribution >= 0.6 is 11.6 Å². The van der Waals surface area contributed by atoms with E-state index in [4.69, 9.17) is 17.3 Å². The number of nitrogens with zero attached hydrogens (tertiary/aromatic N) is 3. The summed E-state index contributed by atoms with van der Waals surface area (Å²) in [6.07, 6.45) is 0.641. The Morgan fingerprint density at radius 2 is 2.26 bits per heavy atom. The van der Waals surface area contributed by atoms with Crippen LogP contribution in [-0.4, -0.2) is 20.3 Å². The van der Waals surface area contributed by atoms with Crippen LogP contribution in [-0.2, 0) is 0 Å². The average Bonchev–Trinajstić information content (AvgIpc) is 2.66. The number of halogens is 1. The summed E-state index contributed by atoms with van der Waals surface area (Å²) in [5.41, 5.74) is 9.84. The van der Waals surface area contributed by atoms with E-state index in [2.05, 4.69) is 20.7 Å². The number of nitrogens with one attached hydrogen (secondary N) is 2. The molecule has 1 unspecified atom stereocenters. The zero-order chi connectivity index (χ0) is 13.4. The van der Waals surface area contributed by atoms with Gasteiger partial charge in [0.1, 0.15) is 18.3 Å². The van der Waals surface area contributed by atoms with E-state index in [9.17, 15) is 5.21 Å². The number of hydroxylamine groups is 1. The minimum atomic E-state index is -0.738. The molecule has 0 amide bonds. The van der Waals surface area contributed by atoms with Gasteiger partial charge in [-0.25, -0.2) is 9.97 Å². The van der Waals surface area contributed by atoms with Crippen molar-refractivity contribution in [2.75, 3.05) is 10.7 Å². The maximum atomic E-state index is 9.53. The van der Waals surface area contributed by atoms with Gasteiger partial charge in [-0.2, -0.15) is 0 Å². The zero-order valence-electron chi connectivity index (χ0n) is 9.71. The SMILES string of the molecule is NC1c2c(Nc3cccc(Cl)c3)ncnc2NN1O. The number of hydrogen-bond donors (Lipinski definition) is 4. The number of rotatable bonds is 2. The van der Waals surface area contributed by atoms with E-state index in [-0.39, 0.29) is 0 Å². The highest BCUT2D eigenvalue weighted by Crippen LogP contribution is 2.34. The van der Waals surface area contributed by atoms with Crippen molar-refractivity contribution < 1.29 is 5.21 Å². The van der Waals surface area contributed by atoms with E-state index in [1.165, 1.54) is 6.33 Å². The summed E-state index contributed by atoms with van der Waals surface area (Å²) >= 11 is 5.92. The molecule has 0 radical (unpaired) electrons. The minimum absolute atomic E-state index is 0.467. The molecular formula is C11H11ClN6O. The molecular weight excluding hydrogens is 268 g/mol. The van der Waals surface area contributed by atoms with E-state index in [1.807, 2.05) is 12.1 Å². The minimum Gasteiger partial charge on any atom is -0.340 e. The molecule has 1 aliphatic heterocycles. The van der Waals surface area contributed by atoms with Gasteiger partial charge in [0, 0.05) is 10.7 Å². The predicted octanol–water partition coefficient (Wildman–Crippen LogP) is 1.86. The van der Waals surface area contributed by atoms with Crippen molar-refractivity contribution in [3.05, 3.63) is 41.2 Å². The van der Waals surface area contributed by atoms with Gasteiger partial charge in [0.2, 0.25) is 0 Å². The lowest BCUT2D eigenvalue weighted by Crippen LogP contribution is -2.29. The van der Waals surface area contributed by atoms with Crippen molar-refractivity contribution in [2.45, 2.75) is 6.17 Å². The van der Waals surface area contributed by atoms with Gasteiger partial charge in [-0.3, -0.25) is 10.6 Å². The summed E-state index contributed by atoms with van der Waals surface area (Å²) in [5.74, 6) is 0.985. The molecule has 7 nitrogen and oxygen atoms in total. The lowest BCUT2D eigenvalue weighted by molar-refractivity contribution is -0.0942. The van der Waals surface area contributed by atoms with E-state index in [0.29, 0.717) is 22.2 Å². The number of hydrazine groups is 1. The predicted molar refractivity (Wildman–Crippen MR) is 70.9 cm³/mol. The molecule has 19 heavy (non-hydrogen) atoms. The van der Waals surface area contributed by atoms with Crippen molar-refractivity contribution in [3.8, 4) is 0 Å². The van der Waals surface area contributed by atoms with E-state index >= 15 is 0 Å². The standard InChI is InChI=1S/C11H11ClN6O/c12-6-2-1-3-7(4-6)16-10-8-9(13)18(19)17-11(8)15-5-14-10/h1-5,9,19H,13H2,(H2,14,15,16,17). The largest absolute Gasteiger partial charge is 0.340 e. The lowest BCUT2D eigenvalue weighted by Gasteiger charge is -2.13. The summed E-state index contributed by atoms with van der Waals surface area (Å²) in [7, 11) is 0. The average molecular weight is 279 g/mol. The Morgan fingerprint density at radius 3 is 3.05 bits per heavy atom. The van der Waals surface area contributed by atoms with Crippen LogP contribution in [0.25, 0.3) is 0 Å². The molecule has 0 saturated carbocycles. The molecule has 98 valence electrons. The monoisotopic (exact) mass is 278 g/mol.